The molecule has 106 valence electrons. The lowest BCUT2D eigenvalue weighted by molar-refractivity contribution is -0.385. The molecule has 0 atom stereocenters. The summed E-state index contributed by atoms with van der Waals surface area (Å²) < 4.78 is 5.18. The Morgan fingerprint density at radius 3 is 2.90 bits per heavy atom. The molecule has 0 radical (unpaired) electrons. The highest BCUT2D eigenvalue weighted by atomic mass is 16.6. The molecule has 0 unspecified atom stereocenters. The Labute approximate surface area is 114 Å². The number of hydrogen-bond donors (Lipinski definition) is 3. The van der Waals surface area contributed by atoms with E-state index in [4.69, 9.17) is 10.3 Å². The van der Waals surface area contributed by atoms with Gasteiger partial charge in [0.05, 0.1) is 11.2 Å². The molecule has 0 aliphatic heterocycles. The maximum absolute atomic E-state index is 11.0. The number of nitrogens with zero attached hydrogens (tertiary/aromatic N) is 3. The van der Waals surface area contributed by atoms with Crippen LogP contribution in [0.5, 0.6) is 0 Å². The molecule has 9 heteroatoms. The summed E-state index contributed by atoms with van der Waals surface area (Å²) in [4.78, 5) is 18.4. The van der Waals surface area contributed by atoms with Gasteiger partial charge in [-0.1, -0.05) is 0 Å². The van der Waals surface area contributed by atoms with Gasteiger partial charge in [0.15, 0.2) is 0 Å². The highest BCUT2D eigenvalue weighted by Crippen LogP contribution is 2.26. The van der Waals surface area contributed by atoms with Crippen molar-refractivity contribution in [3.63, 3.8) is 0 Å². The first-order valence-corrected chi connectivity index (χ1v) is 5.87. The standard InChI is InChI=1S/C11H14N6O3/c1-7-9(17(18)19)10(15-11(14-7)16-12)13-5-4-8-3-2-6-20-8/h2-3,6H,4-5,12H2,1H3,(H2,13,14,15,16). The molecule has 20 heavy (non-hydrogen) atoms. The molecule has 0 amide bonds. The summed E-state index contributed by atoms with van der Waals surface area (Å²) in [6.45, 7) is 1.97. The molecular weight excluding hydrogens is 264 g/mol. The summed E-state index contributed by atoms with van der Waals surface area (Å²) in [5.74, 6) is 6.26. The van der Waals surface area contributed by atoms with Crippen LogP contribution in [0.4, 0.5) is 17.5 Å². The first-order chi connectivity index (χ1) is 9.61. The van der Waals surface area contributed by atoms with E-state index in [1.807, 2.05) is 6.07 Å². The smallest absolute Gasteiger partial charge is 0.332 e. The van der Waals surface area contributed by atoms with Crippen LogP contribution in [0.25, 0.3) is 0 Å². The maximum Gasteiger partial charge on any atom is 0.332 e. The predicted octanol–water partition coefficient (Wildman–Crippen LogP) is 1.23. The monoisotopic (exact) mass is 278 g/mol. The van der Waals surface area contributed by atoms with Gasteiger partial charge in [-0.25, -0.2) is 10.8 Å². The zero-order valence-electron chi connectivity index (χ0n) is 10.8. The fourth-order valence-corrected chi connectivity index (χ4v) is 1.73. The average molecular weight is 278 g/mol. The van der Waals surface area contributed by atoms with Crippen LogP contribution in [0.2, 0.25) is 0 Å². The molecule has 0 saturated heterocycles. The number of hydrogen-bond acceptors (Lipinski definition) is 8. The van der Waals surface area contributed by atoms with Gasteiger partial charge in [0.1, 0.15) is 11.5 Å². The van der Waals surface area contributed by atoms with E-state index < -0.39 is 4.92 Å². The third-order valence-corrected chi connectivity index (χ3v) is 2.61. The Kier molecular flexibility index (Phi) is 4.11. The Balaban J connectivity index is 2.16. The summed E-state index contributed by atoms with van der Waals surface area (Å²) in [7, 11) is 0. The van der Waals surface area contributed by atoms with Gasteiger partial charge < -0.3 is 9.73 Å². The van der Waals surface area contributed by atoms with Gasteiger partial charge in [0.25, 0.3) is 0 Å². The lowest BCUT2D eigenvalue weighted by Gasteiger charge is -2.08. The number of nitrogens with one attached hydrogen (secondary N) is 2. The summed E-state index contributed by atoms with van der Waals surface area (Å²) in [5.41, 5.74) is 2.35. The molecule has 2 aromatic rings. The van der Waals surface area contributed by atoms with Crippen LogP contribution in [0, 0.1) is 17.0 Å². The van der Waals surface area contributed by atoms with Crippen LogP contribution in [-0.2, 0) is 6.42 Å². The van der Waals surface area contributed by atoms with E-state index in [0.29, 0.717) is 13.0 Å². The van der Waals surface area contributed by atoms with Gasteiger partial charge in [-0.2, -0.15) is 4.98 Å². The van der Waals surface area contributed by atoms with Crippen molar-refractivity contribution in [2.45, 2.75) is 13.3 Å². The SMILES string of the molecule is Cc1nc(NN)nc(NCCc2ccco2)c1[N+](=O)[O-]. The lowest BCUT2D eigenvalue weighted by Crippen LogP contribution is -2.15. The van der Waals surface area contributed by atoms with Crippen LogP contribution in [0.1, 0.15) is 11.5 Å². The number of nitro groups is 1. The van der Waals surface area contributed by atoms with Crippen molar-refractivity contribution in [3.8, 4) is 0 Å². The van der Waals surface area contributed by atoms with Crippen molar-refractivity contribution >= 4 is 17.5 Å². The van der Waals surface area contributed by atoms with Crippen molar-refractivity contribution in [1.29, 1.82) is 0 Å². The van der Waals surface area contributed by atoms with Gasteiger partial charge in [-0.15, -0.1) is 0 Å². The maximum atomic E-state index is 11.0. The van der Waals surface area contributed by atoms with Crippen LogP contribution < -0.4 is 16.6 Å². The van der Waals surface area contributed by atoms with Gasteiger partial charge in [0.2, 0.25) is 11.8 Å². The van der Waals surface area contributed by atoms with Crippen molar-refractivity contribution in [3.05, 3.63) is 40.0 Å². The number of nitrogen functional groups attached to an aromatic ring is 1. The largest absolute Gasteiger partial charge is 0.469 e. The summed E-state index contributed by atoms with van der Waals surface area (Å²) >= 11 is 0. The zero-order valence-corrected chi connectivity index (χ0v) is 10.8. The van der Waals surface area contributed by atoms with E-state index in [1.54, 1.807) is 12.3 Å². The number of anilines is 2. The van der Waals surface area contributed by atoms with E-state index >= 15 is 0 Å². The fraction of sp³-hybridized carbons (Fsp3) is 0.273. The second-order valence-corrected chi connectivity index (χ2v) is 3.99. The normalized spacial score (nSPS) is 10.3. The summed E-state index contributed by atoms with van der Waals surface area (Å²) in [5, 5.41) is 13.9. The third-order valence-electron chi connectivity index (χ3n) is 2.61. The van der Waals surface area contributed by atoms with Gasteiger partial charge in [-0.05, 0) is 19.1 Å². The van der Waals surface area contributed by atoms with Crippen LogP contribution in [0.3, 0.4) is 0 Å². The Bertz CT molecular complexity index is 598. The quantitative estimate of drug-likeness (QED) is 0.408. The molecule has 4 N–H and O–H groups in total. The number of rotatable bonds is 6. The van der Waals surface area contributed by atoms with E-state index in [0.717, 1.165) is 5.76 Å². The highest BCUT2D eigenvalue weighted by molar-refractivity contribution is 5.60. The lowest BCUT2D eigenvalue weighted by atomic mass is 10.3. The molecule has 0 saturated carbocycles. The number of hydrazine groups is 1. The topological polar surface area (TPSA) is 132 Å². The Morgan fingerprint density at radius 1 is 1.50 bits per heavy atom. The number of furan rings is 1. The molecule has 9 nitrogen and oxygen atoms in total. The molecule has 2 aromatic heterocycles. The highest BCUT2D eigenvalue weighted by Gasteiger charge is 2.21. The zero-order chi connectivity index (χ0) is 14.5. The fourth-order valence-electron chi connectivity index (χ4n) is 1.73. The van der Waals surface area contributed by atoms with Crippen molar-refractivity contribution in [2.75, 3.05) is 17.3 Å². The molecule has 0 aliphatic carbocycles. The second kappa shape index (κ2) is 5.97. The molecule has 2 rings (SSSR count). The molecule has 0 aromatic carbocycles. The third kappa shape index (κ3) is 3.01. The van der Waals surface area contributed by atoms with Crippen molar-refractivity contribution in [1.82, 2.24) is 9.97 Å². The second-order valence-electron chi connectivity index (χ2n) is 3.99. The minimum atomic E-state index is -0.523. The number of aromatic nitrogens is 2. The van der Waals surface area contributed by atoms with Crippen LogP contribution in [0.15, 0.2) is 22.8 Å². The molecule has 2 heterocycles. The first-order valence-electron chi connectivity index (χ1n) is 5.87. The van der Waals surface area contributed by atoms with Gasteiger partial charge in [0, 0.05) is 13.0 Å². The predicted molar refractivity (Wildman–Crippen MR) is 72.1 cm³/mol. The average Bonchev–Trinajstić information content (AvgIpc) is 2.90. The molecule has 0 bridgehead atoms. The Morgan fingerprint density at radius 2 is 2.30 bits per heavy atom. The van der Waals surface area contributed by atoms with Crippen molar-refractivity contribution < 1.29 is 9.34 Å². The molecule has 0 spiro atoms. The van der Waals surface area contributed by atoms with E-state index in [9.17, 15) is 10.1 Å². The minimum absolute atomic E-state index is 0.119. The Hall–Kier alpha value is -2.68. The minimum Gasteiger partial charge on any atom is -0.469 e. The van der Waals surface area contributed by atoms with Crippen molar-refractivity contribution in [2.24, 2.45) is 5.84 Å². The van der Waals surface area contributed by atoms with Gasteiger partial charge >= 0.3 is 5.69 Å². The van der Waals surface area contributed by atoms with E-state index in [1.165, 1.54) is 6.92 Å². The first kappa shape index (κ1) is 13.7. The molecule has 0 fully saturated rings. The summed E-state index contributed by atoms with van der Waals surface area (Å²) in [6.07, 6.45) is 2.15. The van der Waals surface area contributed by atoms with E-state index in [2.05, 4.69) is 20.7 Å². The number of nitrogens with two attached hydrogens (primary N) is 1. The van der Waals surface area contributed by atoms with Crippen LogP contribution in [-0.4, -0.2) is 21.4 Å². The van der Waals surface area contributed by atoms with Crippen LogP contribution >= 0.6 is 0 Å². The molecular formula is C11H14N6O3. The molecule has 0 aliphatic rings. The van der Waals surface area contributed by atoms with Gasteiger partial charge in [-0.3, -0.25) is 15.5 Å². The van der Waals surface area contributed by atoms with E-state index in [-0.39, 0.29) is 23.1 Å². The number of aryl methyl sites for hydroxylation is 1. The summed E-state index contributed by atoms with van der Waals surface area (Å²) in [6, 6.07) is 3.61.